The van der Waals surface area contributed by atoms with Gasteiger partial charge in [-0.2, -0.15) is 0 Å². The number of H-pyrrole nitrogens is 1. The zero-order valence-electron chi connectivity index (χ0n) is 14.6. The quantitative estimate of drug-likeness (QED) is 0.428. The number of amides is 1. The highest BCUT2D eigenvalue weighted by Gasteiger charge is 2.18. The predicted octanol–water partition coefficient (Wildman–Crippen LogP) is 1.61. The van der Waals surface area contributed by atoms with E-state index in [1.165, 1.54) is 20.3 Å². The Morgan fingerprint density at radius 2 is 2.04 bits per heavy atom. The van der Waals surface area contributed by atoms with E-state index in [0.717, 1.165) is 11.8 Å². The third-order valence-electron chi connectivity index (χ3n) is 3.35. The van der Waals surface area contributed by atoms with Gasteiger partial charge in [0, 0.05) is 6.07 Å². The van der Waals surface area contributed by atoms with Gasteiger partial charge in [0.05, 0.1) is 37.3 Å². The van der Waals surface area contributed by atoms with E-state index in [-0.39, 0.29) is 23.2 Å². The highest BCUT2D eigenvalue weighted by atomic mass is 32.2. The summed E-state index contributed by atoms with van der Waals surface area (Å²) < 4.78 is 9.77. The van der Waals surface area contributed by atoms with Crippen molar-refractivity contribution in [2.45, 2.75) is 23.8 Å². The Morgan fingerprint density at radius 1 is 1.31 bits per heavy atom. The molecule has 0 fully saturated rings. The molecular weight excluding hydrogens is 358 g/mol. The number of rotatable bonds is 7. The molecule has 0 aliphatic carbocycles. The normalized spacial score (nSPS) is 11.5. The van der Waals surface area contributed by atoms with Crippen LogP contribution in [0.1, 0.15) is 12.6 Å². The SMILES string of the molecule is COC(=O)Cc1cc(=O)[nH]c(S[C@@H](C)C(=O)Nc2ccccc2OC)n1. The molecule has 138 valence electrons. The molecule has 26 heavy (non-hydrogen) atoms. The lowest BCUT2D eigenvalue weighted by molar-refractivity contribution is -0.139. The number of nitrogens with zero attached hydrogens (tertiary/aromatic N) is 1. The van der Waals surface area contributed by atoms with Gasteiger partial charge in [-0.15, -0.1) is 0 Å². The molecule has 2 aromatic rings. The average molecular weight is 377 g/mol. The molecule has 1 aromatic heterocycles. The molecule has 1 aromatic carbocycles. The number of aromatic nitrogens is 2. The van der Waals surface area contributed by atoms with Gasteiger partial charge in [-0.25, -0.2) is 4.98 Å². The van der Waals surface area contributed by atoms with Crippen molar-refractivity contribution in [2.24, 2.45) is 0 Å². The van der Waals surface area contributed by atoms with Crippen molar-refractivity contribution in [2.75, 3.05) is 19.5 Å². The minimum Gasteiger partial charge on any atom is -0.495 e. The van der Waals surface area contributed by atoms with Crippen LogP contribution in [0.2, 0.25) is 0 Å². The fourth-order valence-electron chi connectivity index (χ4n) is 2.05. The molecule has 2 N–H and O–H groups in total. The molecule has 9 heteroatoms. The van der Waals surface area contributed by atoms with Crippen LogP contribution in [-0.2, 0) is 20.7 Å². The highest BCUT2D eigenvalue weighted by molar-refractivity contribution is 8.00. The second kappa shape index (κ2) is 9.04. The summed E-state index contributed by atoms with van der Waals surface area (Å²) in [7, 11) is 2.78. The number of anilines is 1. The van der Waals surface area contributed by atoms with Crippen LogP contribution in [0.15, 0.2) is 40.3 Å². The number of ether oxygens (including phenoxy) is 2. The van der Waals surface area contributed by atoms with Gasteiger partial charge in [0.15, 0.2) is 5.16 Å². The third-order valence-corrected chi connectivity index (χ3v) is 4.33. The summed E-state index contributed by atoms with van der Waals surface area (Å²) in [5, 5.41) is 2.48. The van der Waals surface area contributed by atoms with Crippen LogP contribution in [0.5, 0.6) is 5.75 Å². The Kier molecular flexibility index (Phi) is 6.79. The summed E-state index contributed by atoms with van der Waals surface area (Å²) in [5.74, 6) is -0.230. The van der Waals surface area contributed by atoms with Gasteiger partial charge in [0.1, 0.15) is 5.75 Å². The summed E-state index contributed by atoms with van der Waals surface area (Å²) in [4.78, 5) is 42.2. The number of thioether (sulfide) groups is 1. The molecule has 1 heterocycles. The maximum Gasteiger partial charge on any atom is 0.311 e. The molecule has 2 rings (SSSR count). The first-order chi connectivity index (χ1) is 12.4. The Hall–Kier alpha value is -2.81. The molecule has 0 saturated carbocycles. The van der Waals surface area contributed by atoms with Crippen LogP contribution in [0.3, 0.4) is 0 Å². The molecule has 8 nitrogen and oxygen atoms in total. The number of carbonyl (C=O) groups excluding carboxylic acids is 2. The number of carbonyl (C=O) groups is 2. The van der Waals surface area contributed by atoms with Crippen LogP contribution in [-0.4, -0.2) is 41.3 Å². The van der Waals surface area contributed by atoms with Crippen molar-refractivity contribution in [1.82, 2.24) is 9.97 Å². The molecule has 0 bridgehead atoms. The summed E-state index contributed by atoms with van der Waals surface area (Å²) in [5.41, 5.74) is 0.424. The second-order valence-electron chi connectivity index (χ2n) is 5.24. The Labute approximate surface area is 154 Å². The Bertz CT molecular complexity index is 852. The number of hydrogen-bond acceptors (Lipinski definition) is 7. The molecular formula is C17H19N3O5S. The van der Waals surface area contributed by atoms with Crippen LogP contribution >= 0.6 is 11.8 Å². The van der Waals surface area contributed by atoms with Gasteiger partial charge in [-0.1, -0.05) is 23.9 Å². The second-order valence-corrected chi connectivity index (χ2v) is 6.57. The standard InChI is InChI=1S/C17H19N3O5S/c1-10(16(23)19-12-6-4-5-7-13(12)24-2)26-17-18-11(8-14(21)20-17)9-15(22)25-3/h4-8,10H,9H2,1-3H3,(H,19,23)(H,18,20,21)/t10-/m0/s1. The van der Waals surface area contributed by atoms with Crippen molar-refractivity contribution in [3.8, 4) is 5.75 Å². The van der Waals surface area contributed by atoms with Crippen LogP contribution in [0.25, 0.3) is 0 Å². The number of hydrogen-bond donors (Lipinski definition) is 2. The van der Waals surface area contributed by atoms with Crippen LogP contribution in [0, 0.1) is 0 Å². The lowest BCUT2D eigenvalue weighted by atomic mass is 10.3. The summed E-state index contributed by atoms with van der Waals surface area (Å²) in [6.45, 7) is 1.68. The van der Waals surface area contributed by atoms with Crippen molar-refractivity contribution in [3.05, 3.63) is 46.4 Å². The van der Waals surface area contributed by atoms with E-state index in [2.05, 4.69) is 20.0 Å². The molecule has 0 spiro atoms. The number of methoxy groups -OCH3 is 2. The Balaban J connectivity index is 2.08. The lowest BCUT2D eigenvalue weighted by Gasteiger charge is -2.13. The topological polar surface area (TPSA) is 110 Å². The highest BCUT2D eigenvalue weighted by Crippen LogP contribution is 2.25. The van der Waals surface area contributed by atoms with Crippen LogP contribution in [0.4, 0.5) is 5.69 Å². The maximum absolute atomic E-state index is 12.4. The number of benzene rings is 1. The van der Waals surface area contributed by atoms with E-state index in [4.69, 9.17) is 4.74 Å². The van der Waals surface area contributed by atoms with Crippen molar-refractivity contribution in [1.29, 1.82) is 0 Å². The lowest BCUT2D eigenvalue weighted by Crippen LogP contribution is -2.23. The van der Waals surface area contributed by atoms with E-state index < -0.39 is 16.8 Å². The van der Waals surface area contributed by atoms with Gasteiger partial charge in [-0.05, 0) is 19.1 Å². The van der Waals surface area contributed by atoms with Gasteiger partial charge in [0.25, 0.3) is 5.56 Å². The van der Waals surface area contributed by atoms with E-state index >= 15 is 0 Å². The molecule has 0 aliphatic heterocycles. The molecule has 1 amide bonds. The summed E-state index contributed by atoms with van der Waals surface area (Å²) in [6.07, 6.45) is -0.115. The minimum atomic E-state index is -0.545. The largest absolute Gasteiger partial charge is 0.495 e. The van der Waals surface area contributed by atoms with Gasteiger partial charge < -0.3 is 19.8 Å². The van der Waals surface area contributed by atoms with Crippen molar-refractivity contribution < 1.29 is 19.1 Å². The summed E-state index contributed by atoms with van der Waals surface area (Å²) in [6, 6.07) is 8.27. The van der Waals surface area contributed by atoms with Crippen molar-refractivity contribution >= 4 is 29.3 Å². The number of para-hydroxylation sites is 2. The first-order valence-corrected chi connectivity index (χ1v) is 8.58. The van der Waals surface area contributed by atoms with Gasteiger partial charge in [0.2, 0.25) is 5.91 Å². The van der Waals surface area contributed by atoms with Gasteiger partial charge >= 0.3 is 5.97 Å². The zero-order valence-corrected chi connectivity index (χ0v) is 15.4. The number of esters is 1. The fraction of sp³-hybridized carbons (Fsp3) is 0.294. The van der Waals surface area contributed by atoms with Crippen molar-refractivity contribution in [3.63, 3.8) is 0 Å². The van der Waals surface area contributed by atoms with Gasteiger partial charge in [-0.3, -0.25) is 14.4 Å². The monoisotopic (exact) mass is 377 g/mol. The molecule has 0 radical (unpaired) electrons. The molecule has 1 atom stereocenters. The van der Waals surface area contributed by atoms with E-state index in [9.17, 15) is 14.4 Å². The third kappa shape index (κ3) is 5.35. The summed E-state index contributed by atoms with van der Waals surface area (Å²) >= 11 is 1.08. The first-order valence-electron chi connectivity index (χ1n) is 7.70. The van der Waals surface area contributed by atoms with E-state index in [1.54, 1.807) is 31.2 Å². The molecule has 0 saturated heterocycles. The smallest absolute Gasteiger partial charge is 0.311 e. The molecule has 0 unspecified atom stereocenters. The number of aromatic amines is 1. The minimum absolute atomic E-state index is 0.115. The zero-order chi connectivity index (χ0) is 19.1. The van der Waals surface area contributed by atoms with E-state index in [0.29, 0.717) is 11.4 Å². The van der Waals surface area contributed by atoms with E-state index in [1.807, 2.05) is 0 Å². The fourth-order valence-corrected chi connectivity index (χ4v) is 2.88. The Morgan fingerprint density at radius 3 is 2.73 bits per heavy atom. The average Bonchev–Trinajstić information content (AvgIpc) is 2.61. The first kappa shape index (κ1) is 19.5. The maximum atomic E-state index is 12.4. The predicted molar refractivity (Wildman–Crippen MR) is 97.5 cm³/mol. The number of nitrogens with one attached hydrogen (secondary N) is 2. The molecule has 0 aliphatic rings. The van der Waals surface area contributed by atoms with Crippen LogP contribution < -0.4 is 15.6 Å².